The van der Waals surface area contributed by atoms with Crippen LogP contribution in [0.4, 0.5) is 0 Å². The van der Waals surface area contributed by atoms with Crippen LogP contribution in [-0.4, -0.2) is 5.11 Å². The Balaban J connectivity index is 3.14. The topological polar surface area (TPSA) is 46.2 Å². The lowest BCUT2D eigenvalue weighted by Crippen LogP contribution is -1.98. The van der Waals surface area contributed by atoms with Crippen LogP contribution in [-0.2, 0) is 6.54 Å². The van der Waals surface area contributed by atoms with E-state index in [4.69, 9.17) is 10.8 Å². The van der Waals surface area contributed by atoms with E-state index in [1.165, 1.54) is 0 Å². The van der Waals surface area contributed by atoms with E-state index in [1.807, 2.05) is 6.07 Å². The van der Waals surface area contributed by atoms with Gasteiger partial charge in [0, 0.05) is 6.54 Å². The Hall–Kier alpha value is -0.290. The lowest BCUT2D eigenvalue weighted by atomic mass is 10.2. The minimum atomic E-state index is 0.309. The molecule has 0 aliphatic heterocycles. The van der Waals surface area contributed by atoms with Gasteiger partial charge in [0.05, 0.1) is 3.57 Å². The molecule has 0 bridgehead atoms. The zero-order chi connectivity index (χ0) is 7.56. The van der Waals surface area contributed by atoms with E-state index in [0.717, 1.165) is 9.13 Å². The number of hydrogen-bond donors (Lipinski definition) is 2. The molecule has 2 nitrogen and oxygen atoms in total. The SMILES string of the molecule is NCc1cccc(O)c1I. The van der Waals surface area contributed by atoms with Crippen LogP contribution in [0.25, 0.3) is 0 Å². The molecule has 1 aromatic rings. The van der Waals surface area contributed by atoms with E-state index in [-0.39, 0.29) is 0 Å². The molecule has 0 aliphatic rings. The molecule has 3 heteroatoms. The summed E-state index contributed by atoms with van der Waals surface area (Å²) in [5, 5.41) is 9.17. The first-order valence-corrected chi connectivity index (χ1v) is 4.00. The van der Waals surface area contributed by atoms with E-state index < -0.39 is 0 Å². The fraction of sp³-hybridized carbons (Fsp3) is 0.143. The number of hydrogen-bond acceptors (Lipinski definition) is 2. The van der Waals surface area contributed by atoms with Crippen molar-refractivity contribution < 1.29 is 5.11 Å². The van der Waals surface area contributed by atoms with Gasteiger partial charge in [0.15, 0.2) is 0 Å². The number of phenols is 1. The summed E-state index contributed by atoms with van der Waals surface area (Å²) in [6.07, 6.45) is 0. The average molecular weight is 249 g/mol. The fourth-order valence-electron chi connectivity index (χ4n) is 0.724. The third kappa shape index (κ3) is 1.41. The van der Waals surface area contributed by atoms with Gasteiger partial charge in [-0.2, -0.15) is 0 Å². The van der Waals surface area contributed by atoms with Crippen molar-refractivity contribution in [3.63, 3.8) is 0 Å². The summed E-state index contributed by atoms with van der Waals surface area (Å²) in [5.41, 5.74) is 6.39. The van der Waals surface area contributed by atoms with Crippen LogP contribution in [0, 0.1) is 3.57 Å². The van der Waals surface area contributed by atoms with Crippen LogP contribution in [0.5, 0.6) is 5.75 Å². The Bertz CT molecular complexity index is 237. The highest BCUT2D eigenvalue weighted by atomic mass is 127. The van der Waals surface area contributed by atoms with Crippen molar-refractivity contribution in [2.75, 3.05) is 0 Å². The molecule has 0 radical (unpaired) electrons. The van der Waals surface area contributed by atoms with Crippen molar-refractivity contribution in [1.82, 2.24) is 0 Å². The summed E-state index contributed by atoms with van der Waals surface area (Å²) >= 11 is 2.07. The smallest absolute Gasteiger partial charge is 0.129 e. The van der Waals surface area contributed by atoms with E-state index in [1.54, 1.807) is 12.1 Å². The molecule has 54 valence electrons. The van der Waals surface area contributed by atoms with E-state index in [2.05, 4.69) is 22.6 Å². The fourth-order valence-corrected chi connectivity index (χ4v) is 1.30. The Kier molecular flexibility index (Phi) is 2.50. The minimum absolute atomic E-state index is 0.309. The second-order valence-corrected chi connectivity index (χ2v) is 3.03. The molecular weight excluding hydrogens is 241 g/mol. The Labute approximate surface area is 73.2 Å². The van der Waals surface area contributed by atoms with Gasteiger partial charge in [-0.05, 0) is 34.2 Å². The lowest BCUT2D eigenvalue weighted by molar-refractivity contribution is 0.470. The van der Waals surface area contributed by atoms with Crippen LogP contribution in [0.2, 0.25) is 0 Å². The van der Waals surface area contributed by atoms with Gasteiger partial charge < -0.3 is 10.8 Å². The number of aromatic hydroxyl groups is 1. The second-order valence-electron chi connectivity index (χ2n) is 1.95. The van der Waals surface area contributed by atoms with E-state index in [0.29, 0.717) is 12.3 Å². The number of halogens is 1. The quantitative estimate of drug-likeness (QED) is 0.740. The van der Waals surface area contributed by atoms with Crippen LogP contribution in [0.1, 0.15) is 5.56 Å². The Morgan fingerprint density at radius 1 is 1.50 bits per heavy atom. The van der Waals surface area contributed by atoms with Crippen LogP contribution in [0.15, 0.2) is 18.2 Å². The van der Waals surface area contributed by atoms with Gasteiger partial charge in [-0.1, -0.05) is 12.1 Å². The van der Waals surface area contributed by atoms with Gasteiger partial charge in [-0.25, -0.2) is 0 Å². The van der Waals surface area contributed by atoms with Gasteiger partial charge in [0.2, 0.25) is 0 Å². The number of phenolic OH excluding ortho intramolecular Hbond substituents is 1. The zero-order valence-electron chi connectivity index (χ0n) is 5.34. The molecule has 1 aromatic carbocycles. The Morgan fingerprint density at radius 3 is 2.70 bits per heavy atom. The molecule has 0 aromatic heterocycles. The maximum Gasteiger partial charge on any atom is 0.129 e. The van der Waals surface area contributed by atoms with Gasteiger partial charge in [-0.3, -0.25) is 0 Å². The van der Waals surface area contributed by atoms with Crippen molar-refractivity contribution in [3.8, 4) is 5.75 Å². The van der Waals surface area contributed by atoms with E-state index in [9.17, 15) is 0 Å². The maximum atomic E-state index is 9.17. The van der Waals surface area contributed by atoms with Crippen molar-refractivity contribution in [2.24, 2.45) is 5.73 Å². The summed E-state index contributed by atoms with van der Waals surface area (Å²) in [7, 11) is 0. The van der Waals surface area contributed by atoms with E-state index >= 15 is 0 Å². The molecule has 0 saturated heterocycles. The minimum Gasteiger partial charge on any atom is -0.507 e. The molecular formula is C7H8INO. The summed E-state index contributed by atoms with van der Waals surface area (Å²) in [4.78, 5) is 0. The van der Waals surface area contributed by atoms with Gasteiger partial charge in [0.1, 0.15) is 5.75 Å². The van der Waals surface area contributed by atoms with Gasteiger partial charge in [-0.15, -0.1) is 0 Å². The van der Waals surface area contributed by atoms with Crippen LogP contribution in [0.3, 0.4) is 0 Å². The summed E-state index contributed by atoms with van der Waals surface area (Å²) in [5.74, 6) is 0.309. The summed E-state index contributed by atoms with van der Waals surface area (Å²) in [6.45, 7) is 0.479. The monoisotopic (exact) mass is 249 g/mol. The third-order valence-corrected chi connectivity index (χ3v) is 2.52. The highest BCUT2D eigenvalue weighted by molar-refractivity contribution is 14.1. The van der Waals surface area contributed by atoms with Crippen molar-refractivity contribution in [1.29, 1.82) is 0 Å². The normalized spacial score (nSPS) is 9.80. The molecule has 3 N–H and O–H groups in total. The Morgan fingerprint density at radius 2 is 2.20 bits per heavy atom. The predicted molar refractivity (Wildman–Crippen MR) is 48.7 cm³/mol. The molecule has 0 unspecified atom stereocenters. The molecule has 10 heavy (non-hydrogen) atoms. The standard InChI is InChI=1S/C7H8INO/c8-7-5(4-9)2-1-3-6(7)10/h1-3,10H,4,9H2. The number of benzene rings is 1. The maximum absolute atomic E-state index is 9.17. The van der Waals surface area contributed by atoms with Gasteiger partial charge in [0.25, 0.3) is 0 Å². The van der Waals surface area contributed by atoms with Crippen molar-refractivity contribution >= 4 is 22.6 Å². The molecule has 0 saturated carbocycles. The summed E-state index contributed by atoms with van der Waals surface area (Å²) < 4.78 is 0.850. The predicted octanol–water partition coefficient (Wildman–Crippen LogP) is 1.46. The first-order chi connectivity index (χ1) is 4.75. The summed E-state index contributed by atoms with van der Waals surface area (Å²) in [6, 6.07) is 5.35. The van der Waals surface area contributed by atoms with Gasteiger partial charge >= 0.3 is 0 Å². The van der Waals surface area contributed by atoms with Crippen LogP contribution < -0.4 is 5.73 Å². The number of nitrogens with two attached hydrogens (primary N) is 1. The molecule has 0 aliphatic carbocycles. The second kappa shape index (κ2) is 3.21. The highest BCUT2D eigenvalue weighted by Crippen LogP contribution is 2.21. The lowest BCUT2D eigenvalue weighted by Gasteiger charge is -2.01. The molecule has 0 fully saturated rings. The first kappa shape index (κ1) is 7.81. The third-order valence-electron chi connectivity index (χ3n) is 1.28. The molecule has 0 heterocycles. The van der Waals surface area contributed by atoms with Crippen LogP contribution >= 0.6 is 22.6 Å². The number of rotatable bonds is 1. The molecule has 0 spiro atoms. The van der Waals surface area contributed by atoms with Crippen molar-refractivity contribution in [2.45, 2.75) is 6.54 Å². The highest BCUT2D eigenvalue weighted by Gasteiger charge is 2.00. The molecule has 0 atom stereocenters. The average Bonchev–Trinajstić information content (AvgIpc) is 1.95. The first-order valence-electron chi connectivity index (χ1n) is 2.92. The molecule has 1 rings (SSSR count). The zero-order valence-corrected chi connectivity index (χ0v) is 7.50. The molecule has 0 amide bonds. The van der Waals surface area contributed by atoms with Crippen molar-refractivity contribution in [3.05, 3.63) is 27.3 Å². The largest absolute Gasteiger partial charge is 0.507 e.